The molecule has 0 radical (unpaired) electrons. The Morgan fingerprint density at radius 3 is 2.81 bits per heavy atom. The molecule has 1 aromatic carbocycles. The second-order valence-electron chi connectivity index (χ2n) is 8.97. The van der Waals surface area contributed by atoms with Crippen LogP contribution >= 0.6 is 27.3 Å². The molecule has 1 amide bonds. The van der Waals surface area contributed by atoms with E-state index in [4.69, 9.17) is 9.72 Å². The Morgan fingerprint density at radius 2 is 2.06 bits per heavy atom. The number of rotatable bonds is 8. The van der Waals surface area contributed by atoms with Crippen molar-refractivity contribution in [3.8, 4) is 5.75 Å². The molecule has 0 unspecified atom stereocenters. The van der Waals surface area contributed by atoms with Gasteiger partial charge in [0.25, 0.3) is 0 Å². The lowest BCUT2D eigenvalue weighted by molar-refractivity contribution is -0.125. The Labute approximate surface area is 203 Å². The van der Waals surface area contributed by atoms with E-state index in [2.05, 4.69) is 44.0 Å². The Bertz CT molecular complexity index is 913. The van der Waals surface area contributed by atoms with Gasteiger partial charge in [-0.05, 0) is 74.5 Å². The minimum absolute atomic E-state index is 0.119. The van der Waals surface area contributed by atoms with E-state index in [1.165, 1.54) is 25.8 Å². The van der Waals surface area contributed by atoms with E-state index >= 15 is 0 Å². The van der Waals surface area contributed by atoms with Gasteiger partial charge in [-0.2, -0.15) is 0 Å². The summed E-state index contributed by atoms with van der Waals surface area (Å²) >= 11 is 5.28. The third kappa shape index (κ3) is 5.75. The standard InChI is InChI=1S/C24H35BrN4O2S/c1-3-31-21-16-22-20(15-19(21)25)27-24(32-22)29-13-8-18(9-14-29)23(30)26-10-6-12-28-11-5-4-7-17(28)2/h15-18H,3-14H2,1-2H3,(H,26,30)/t17-/m1/s1. The molecular formula is C24H35BrN4O2S. The lowest BCUT2D eigenvalue weighted by Gasteiger charge is -2.33. The molecule has 4 rings (SSSR count). The molecule has 0 spiro atoms. The Morgan fingerprint density at radius 1 is 1.25 bits per heavy atom. The molecule has 2 aromatic rings. The Kier molecular flexibility index (Phi) is 8.29. The summed E-state index contributed by atoms with van der Waals surface area (Å²) in [6, 6.07) is 4.79. The van der Waals surface area contributed by atoms with Crippen LogP contribution in [0.4, 0.5) is 5.13 Å². The van der Waals surface area contributed by atoms with Crippen molar-refractivity contribution in [2.45, 2.75) is 58.4 Å². The number of amides is 1. The number of hydrogen-bond donors (Lipinski definition) is 1. The zero-order valence-electron chi connectivity index (χ0n) is 19.2. The zero-order chi connectivity index (χ0) is 22.5. The number of benzene rings is 1. The third-order valence-electron chi connectivity index (χ3n) is 6.73. The molecule has 8 heteroatoms. The predicted octanol–water partition coefficient (Wildman–Crippen LogP) is 5.05. The van der Waals surface area contributed by atoms with E-state index in [0.29, 0.717) is 12.6 Å². The molecule has 32 heavy (non-hydrogen) atoms. The highest BCUT2D eigenvalue weighted by atomic mass is 79.9. The van der Waals surface area contributed by atoms with Gasteiger partial charge in [-0.25, -0.2) is 4.98 Å². The van der Waals surface area contributed by atoms with E-state index in [9.17, 15) is 4.79 Å². The van der Waals surface area contributed by atoms with Gasteiger partial charge < -0.3 is 19.9 Å². The molecule has 0 saturated carbocycles. The van der Waals surface area contributed by atoms with E-state index in [0.717, 1.165) is 71.0 Å². The number of fused-ring (bicyclic) bond motifs is 1. The molecule has 1 aromatic heterocycles. The van der Waals surface area contributed by atoms with E-state index in [1.807, 2.05) is 13.0 Å². The first-order valence-corrected chi connectivity index (χ1v) is 13.7. The van der Waals surface area contributed by atoms with Crippen molar-refractivity contribution >= 4 is 48.5 Å². The van der Waals surface area contributed by atoms with Crippen LogP contribution in [-0.4, -0.2) is 61.2 Å². The third-order valence-corrected chi connectivity index (χ3v) is 8.43. The number of carbonyl (C=O) groups excluding carboxylic acids is 1. The average Bonchev–Trinajstić information content (AvgIpc) is 3.21. The molecule has 3 heterocycles. The number of thiazole rings is 1. The number of nitrogens with zero attached hydrogens (tertiary/aromatic N) is 3. The first-order chi connectivity index (χ1) is 15.5. The number of likely N-dealkylation sites (tertiary alicyclic amines) is 1. The highest BCUT2D eigenvalue weighted by Crippen LogP contribution is 2.37. The van der Waals surface area contributed by atoms with Gasteiger partial charge in [0.2, 0.25) is 5.91 Å². The molecule has 2 fully saturated rings. The normalized spacial score (nSPS) is 20.6. The number of nitrogens with one attached hydrogen (secondary N) is 1. The summed E-state index contributed by atoms with van der Waals surface area (Å²) < 4.78 is 7.76. The van der Waals surface area contributed by atoms with Gasteiger partial charge in [-0.1, -0.05) is 17.8 Å². The molecule has 2 aliphatic heterocycles. The van der Waals surface area contributed by atoms with Crippen LogP contribution in [0, 0.1) is 5.92 Å². The van der Waals surface area contributed by atoms with E-state index < -0.39 is 0 Å². The predicted molar refractivity (Wildman–Crippen MR) is 136 cm³/mol. The summed E-state index contributed by atoms with van der Waals surface area (Å²) in [6.07, 6.45) is 6.80. The number of carbonyl (C=O) groups is 1. The number of halogens is 1. The maximum atomic E-state index is 12.7. The molecule has 6 nitrogen and oxygen atoms in total. The lowest BCUT2D eigenvalue weighted by atomic mass is 9.96. The van der Waals surface area contributed by atoms with Crippen LogP contribution in [0.15, 0.2) is 16.6 Å². The van der Waals surface area contributed by atoms with Gasteiger partial charge in [-0.3, -0.25) is 4.79 Å². The van der Waals surface area contributed by atoms with Gasteiger partial charge in [0.15, 0.2) is 5.13 Å². The van der Waals surface area contributed by atoms with Gasteiger partial charge in [0.05, 0.1) is 21.3 Å². The molecule has 1 atom stereocenters. The summed E-state index contributed by atoms with van der Waals surface area (Å²) in [6.45, 7) is 9.81. The zero-order valence-corrected chi connectivity index (χ0v) is 21.6. The summed E-state index contributed by atoms with van der Waals surface area (Å²) in [5.41, 5.74) is 0.989. The summed E-state index contributed by atoms with van der Waals surface area (Å²) in [7, 11) is 0. The number of aromatic nitrogens is 1. The van der Waals surface area contributed by atoms with Crippen molar-refractivity contribution in [1.82, 2.24) is 15.2 Å². The summed E-state index contributed by atoms with van der Waals surface area (Å²) in [4.78, 5) is 22.4. The highest BCUT2D eigenvalue weighted by Gasteiger charge is 2.26. The number of ether oxygens (including phenoxy) is 1. The quantitative estimate of drug-likeness (QED) is 0.491. The van der Waals surface area contributed by atoms with Crippen molar-refractivity contribution in [3.05, 3.63) is 16.6 Å². The maximum Gasteiger partial charge on any atom is 0.223 e. The van der Waals surface area contributed by atoms with E-state index in [-0.39, 0.29) is 11.8 Å². The average molecular weight is 524 g/mol. The van der Waals surface area contributed by atoms with Crippen LogP contribution in [0.25, 0.3) is 10.2 Å². The van der Waals surface area contributed by atoms with Crippen LogP contribution < -0.4 is 15.0 Å². The second kappa shape index (κ2) is 11.2. The van der Waals surface area contributed by atoms with Gasteiger partial charge in [0.1, 0.15) is 5.75 Å². The lowest BCUT2D eigenvalue weighted by Crippen LogP contribution is -2.42. The van der Waals surface area contributed by atoms with Gasteiger partial charge in [0, 0.05) is 44.2 Å². The van der Waals surface area contributed by atoms with Crippen molar-refractivity contribution < 1.29 is 9.53 Å². The smallest absolute Gasteiger partial charge is 0.223 e. The fourth-order valence-electron chi connectivity index (χ4n) is 4.78. The van der Waals surface area contributed by atoms with Crippen LogP contribution in [0.5, 0.6) is 5.75 Å². The van der Waals surface area contributed by atoms with Gasteiger partial charge in [-0.15, -0.1) is 0 Å². The number of hydrogen-bond acceptors (Lipinski definition) is 6. The van der Waals surface area contributed by atoms with Crippen molar-refractivity contribution in [1.29, 1.82) is 0 Å². The SMILES string of the molecule is CCOc1cc2sc(N3CCC(C(=O)NCCCN4CCCC[C@H]4C)CC3)nc2cc1Br. The topological polar surface area (TPSA) is 57.7 Å². The highest BCUT2D eigenvalue weighted by molar-refractivity contribution is 9.10. The minimum Gasteiger partial charge on any atom is -0.493 e. The maximum absolute atomic E-state index is 12.7. The molecule has 1 N–H and O–H groups in total. The fourth-order valence-corrected chi connectivity index (χ4v) is 6.25. The van der Waals surface area contributed by atoms with Crippen molar-refractivity contribution in [2.75, 3.05) is 44.2 Å². The fraction of sp³-hybridized carbons (Fsp3) is 0.667. The first-order valence-electron chi connectivity index (χ1n) is 12.0. The minimum atomic E-state index is 0.119. The Balaban J connectivity index is 1.23. The van der Waals surface area contributed by atoms with Crippen molar-refractivity contribution in [2.24, 2.45) is 5.92 Å². The molecule has 176 valence electrons. The molecule has 2 saturated heterocycles. The monoisotopic (exact) mass is 522 g/mol. The van der Waals surface area contributed by atoms with E-state index in [1.54, 1.807) is 11.3 Å². The Hall–Kier alpha value is -1.38. The first kappa shape index (κ1) is 23.8. The van der Waals surface area contributed by atoms with Crippen LogP contribution in [0.1, 0.15) is 52.4 Å². The summed E-state index contributed by atoms with van der Waals surface area (Å²) in [5, 5.41) is 4.23. The molecular weight excluding hydrogens is 488 g/mol. The number of anilines is 1. The largest absolute Gasteiger partial charge is 0.493 e. The molecule has 2 aliphatic rings. The molecule has 0 aliphatic carbocycles. The van der Waals surface area contributed by atoms with Crippen LogP contribution in [0.2, 0.25) is 0 Å². The molecule has 0 bridgehead atoms. The van der Waals surface area contributed by atoms with Gasteiger partial charge >= 0.3 is 0 Å². The van der Waals surface area contributed by atoms with Crippen molar-refractivity contribution in [3.63, 3.8) is 0 Å². The van der Waals surface area contributed by atoms with Crippen LogP contribution in [-0.2, 0) is 4.79 Å². The number of piperidine rings is 2. The van der Waals surface area contributed by atoms with Crippen LogP contribution in [0.3, 0.4) is 0 Å². The second-order valence-corrected chi connectivity index (χ2v) is 10.8. The summed E-state index contributed by atoms with van der Waals surface area (Å²) in [5.74, 6) is 1.21.